The van der Waals surface area contributed by atoms with Gasteiger partial charge in [-0.1, -0.05) is 30.3 Å². The number of rotatable bonds is 7. The van der Waals surface area contributed by atoms with Crippen molar-refractivity contribution in [3.63, 3.8) is 0 Å². The standard InChI is InChI=1S/C17H21NO3/c1-20-15-8-5-7-13(10-15)16(12-19)18-11-14-6-3-4-9-17(14)21-2/h3-10,16,18-19H,11-12H2,1-2H3. The summed E-state index contributed by atoms with van der Waals surface area (Å²) in [6.07, 6.45) is 0. The lowest BCUT2D eigenvalue weighted by molar-refractivity contribution is 0.243. The molecule has 0 saturated carbocycles. The van der Waals surface area contributed by atoms with Crippen LogP contribution in [0.3, 0.4) is 0 Å². The van der Waals surface area contributed by atoms with Crippen molar-refractivity contribution < 1.29 is 14.6 Å². The van der Waals surface area contributed by atoms with E-state index in [9.17, 15) is 5.11 Å². The smallest absolute Gasteiger partial charge is 0.123 e. The Morgan fingerprint density at radius 1 is 1.05 bits per heavy atom. The second-order valence-electron chi connectivity index (χ2n) is 4.70. The molecule has 0 fully saturated rings. The maximum absolute atomic E-state index is 9.61. The van der Waals surface area contributed by atoms with Crippen molar-refractivity contribution in [1.82, 2.24) is 5.32 Å². The van der Waals surface area contributed by atoms with Crippen LogP contribution in [-0.4, -0.2) is 25.9 Å². The quantitative estimate of drug-likeness (QED) is 0.821. The summed E-state index contributed by atoms with van der Waals surface area (Å²) in [6.45, 7) is 0.634. The largest absolute Gasteiger partial charge is 0.497 e. The van der Waals surface area contributed by atoms with E-state index in [1.165, 1.54) is 0 Å². The fourth-order valence-corrected chi connectivity index (χ4v) is 2.23. The molecule has 0 spiro atoms. The van der Waals surface area contributed by atoms with Crippen molar-refractivity contribution in [2.24, 2.45) is 0 Å². The molecule has 0 aliphatic carbocycles. The molecule has 0 heterocycles. The van der Waals surface area contributed by atoms with E-state index in [2.05, 4.69) is 5.32 Å². The fourth-order valence-electron chi connectivity index (χ4n) is 2.23. The molecule has 0 radical (unpaired) electrons. The summed E-state index contributed by atoms with van der Waals surface area (Å²) in [5, 5.41) is 13.0. The van der Waals surface area contributed by atoms with E-state index < -0.39 is 0 Å². The minimum atomic E-state index is -0.148. The van der Waals surface area contributed by atoms with E-state index >= 15 is 0 Å². The van der Waals surface area contributed by atoms with Crippen LogP contribution in [0.5, 0.6) is 11.5 Å². The van der Waals surface area contributed by atoms with Gasteiger partial charge >= 0.3 is 0 Å². The van der Waals surface area contributed by atoms with Gasteiger partial charge in [0, 0.05) is 12.1 Å². The van der Waals surface area contributed by atoms with Crippen LogP contribution < -0.4 is 14.8 Å². The number of ether oxygens (including phenoxy) is 2. The maximum Gasteiger partial charge on any atom is 0.123 e. The third-order valence-electron chi connectivity index (χ3n) is 3.41. The summed E-state index contributed by atoms with van der Waals surface area (Å²) in [6, 6.07) is 15.4. The van der Waals surface area contributed by atoms with Gasteiger partial charge in [0.05, 0.1) is 26.9 Å². The molecule has 112 valence electrons. The molecular formula is C17H21NO3. The molecule has 4 heteroatoms. The Morgan fingerprint density at radius 3 is 2.57 bits per heavy atom. The molecule has 0 aliphatic heterocycles. The molecule has 0 saturated heterocycles. The van der Waals surface area contributed by atoms with Gasteiger partial charge in [0.25, 0.3) is 0 Å². The van der Waals surface area contributed by atoms with Crippen molar-refractivity contribution >= 4 is 0 Å². The summed E-state index contributed by atoms with van der Waals surface area (Å²) in [7, 11) is 3.29. The first-order valence-corrected chi connectivity index (χ1v) is 6.88. The Labute approximate surface area is 125 Å². The zero-order valence-electron chi connectivity index (χ0n) is 12.4. The molecule has 21 heavy (non-hydrogen) atoms. The third kappa shape index (κ3) is 3.97. The van der Waals surface area contributed by atoms with E-state index in [0.717, 1.165) is 22.6 Å². The Morgan fingerprint density at radius 2 is 1.86 bits per heavy atom. The van der Waals surface area contributed by atoms with Crippen LogP contribution >= 0.6 is 0 Å². The Hall–Kier alpha value is -2.04. The Bertz CT molecular complexity index is 571. The van der Waals surface area contributed by atoms with Crippen LogP contribution in [0.1, 0.15) is 17.2 Å². The number of methoxy groups -OCH3 is 2. The van der Waals surface area contributed by atoms with Gasteiger partial charge in [-0.15, -0.1) is 0 Å². The molecule has 0 aliphatic rings. The van der Waals surface area contributed by atoms with Gasteiger partial charge in [-0.3, -0.25) is 0 Å². The molecule has 0 aromatic heterocycles. The maximum atomic E-state index is 9.61. The van der Waals surface area contributed by atoms with Crippen molar-refractivity contribution in [3.05, 3.63) is 59.7 Å². The van der Waals surface area contributed by atoms with Gasteiger partial charge in [0.15, 0.2) is 0 Å². The van der Waals surface area contributed by atoms with E-state index in [1.54, 1.807) is 14.2 Å². The predicted octanol–water partition coefficient (Wildman–Crippen LogP) is 2.53. The minimum absolute atomic E-state index is 0.0162. The molecule has 2 aromatic rings. The molecule has 2 rings (SSSR count). The lowest BCUT2D eigenvalue weighted by Gasteiger charge is -2.18. The second kappa shape index (κ2) is 7.67. The van der Waals surface area contributed by atoms with E-state index in [4.69, 9.17) is 9.47 Å². The van der Waals surface area contributed by atoms with Crippen LogP contribution in [0.15, 0.2) is 48.5 Å². The van der Waals surface area contributed by atoms with Crippen LogP contribution in [-0.2, 0) is 6.54 Å². The lowest BCUT2D eigenvalue weighted by atomic mass is 10.1. The molecule has 2 aromatic carbocycles. The van der Waals surface area contributed by atoms with Crippen LogP contribution in [0.2, 0.25) is 0 Å². The highest BCUT2D eigenvalue weighted by Gasteiger charge is 2.11. The monoisotopic (exact) mass is 287 g/mol. The van der Waals surface area contributed by atoms with Crippen molar-refractivity contribution in [2.45, 2.75) is 12.6 Å². The molecule has 0 amide bonds. The van der Waals surface area contributed by atoms with Gasteiger partial charge < -0.3 is 19.9 Å². The first-order chi connectivity index (χ1) is 10.3. The number of benzene rings is 2. The highest BCUT2D eigenvalue weighted by atomic mass is 16.5. The van der Waals surface area contributed by atoms with Gasteiger partial charge in [-0.05, 0) is 23.8 Å². The molecule has 2 N–H and O–H groups in total. The topological polar surface area (TPSA) is 50.7 Å². The van der Waals surface area contributed by atoms with Crippen molar-refractivity contribution in [1.29, 1.82) is 0 Å². The fraction of sp³-hybridized carbons (Fsp3) is 0.294. The van der Waals surface area contributed by atoms with Crippen LogP contribution in [0.4, 0.5) is 0 Å². The second-order valence-corrected chi connectivity index (χ2v) is 4.70. The SMILES string of the molecule is COc1cccc(C(CO)NCc2ccccc2OC)c1. The number of hydrogen-bond donors (Lipinski definition) is 2. The molecule has 1 atom stereocenters. The van der Waals surface area contributed by atoms with Gasteiger partial charge in [-0.2, -0.15) is 0 Å². The van der Waals surface area contributed by atoms with E-state index in [-0.39, 0.29) is 12.6 Å². The average molecular weight is 287 g/mol. The van der Waals surface area contributed by atoms with E-state index in [1.807, 2.05) is 48.5 Å². The van der Waals surface area contributed by atoms with Crippen LogP contribution in [0.25, 0.3) is 0 Å². The van der Waals surface area contributed by atoms with Gasteiger partial charge in [0.1, 0.15) is 11.5 Å². The normalized spacial score (nSPS) is 12.0. The Balaban J connectivity index is 2.08. The van der Waals surface area contributed by atoms with Gasteiger partial charge in [-0.25, -0.2) is 0 Å². The van der Waals surface area contributed by atoms with Crippen LogP contribution in [0, 0.1) is 0 Å². The number of hydrogen-bond acceptors (Lipinski definition) is 4. The van der Waals surface area contributed by atoms with Crippen molar-refractivity contribution in [3.8, 4) is 11.5 Å². The number of aliphatic hydroxyl groups excluding tert-OH is 1. The summed E-state index contributed by atoms with van der Waals surface area (Å²) in [4.78, 5) is 0. The highest BCUT2D eigenvalue weighted by molar-refractivity contribution is 5.34. The van der Waals surface area contributed by atoms with Gasteiger partial charge in [0.2, 0.25) is 0 Å². The average Bonchev–Trinajstić information content (AvgIpc) is 2.56. The molecule has 4 nitrogen and oxygen atoms in total. The first kappa shape index (κ1) is 15.4. The Kier molecular flexibility index (Phi) is 5.60. The summed E-state index contributed by atoms with van der Waals surface area (Å²) in [5.41, 5.74) is 2.05. The lowest BCUT2D eigenvalue weighted by Crippen LogP contribution is -2.24. The number of para-hydroxylation sites is 1. The first-order valence-electron chi connectivity index (χ1n) is 6.88. The molecule has 0 bridgehead atoms. The van der Waals surface area contributed by atoms with Crippen molar-refractivity contribution in [2.75, 3.05) is 20.8 Å². The third-order valence-corrected chi connectivity index (χ3v) is 3.41. The molecular weight excluding hydrogens is 266 g/mol. The number of aliphatic hydroxyl groups is 1. The van der Waals surface area contributed by atoms with E-state index in [0.29, 0.717) is 6.54 Å². The number of nitrogens with one attached hydrogen (secondary N) is 1. The minimum Gasteiger partial charge on any atom is -0.497 e. The summed E-state index contributed by atoms with van der Waals surface area (Å²) >= 11 is 0. The summed E-state index contributed by atoms with van der Waals surface area (Å²) < 4.78 is 10.6. The zero-order chi connectivity index (χ0) is 15.1. The predicted molar refractivity (Wildman–Crippen MR) is 82.7 cm³/mol. The summed E-state index contributed by atoms with van der Waals surface area (Å²) in [5.74, 6) is 1.62. The molecule has 1 unspecified atom stereocenters. The zero-order valence-corrected chi connectivity index (χ0v) is 12.4. The highest BCUT2D eigenvalue weighted by Crippen LogP contribution is 2.21.